The van der Waals surface area contributed by atoms with Gasteiger partial charge in [-0.3, -0.25) is 4.79 Å². The summed E-state index contributed by atoms with van der Waals surface area (Å²) in [5.74, 6) is 0.928. The van der Waals surface area contributed by atoms with Crippen LogP contribution < -0.4 is 15.0 Å². The molecule has 3 heterocycles. The molecule has 0 saturated carbocycles. The van der Waals surface area contributed by atoms with Crippen LogP contribution in [0.4, 0.5) is 11.4 Å². The van der Waals surface area contributed by atoms with E-state index < -0.39 is 5.72 Å². The minimum Gasteiger partial charge on any atom is -0.467 e. The molecule has 1 spiro atoms. The minimum atomic E-state index is -0.616. The highest BCUT2D eigenvalue weighted by Gasteiger charge is 2.70. The summed E-state index contributed by atoms with van der Waals surface area (Å²) in [5.41, 5.74) is 3.39. The van der Waals surface area contributed by atoms with Crippen molar-refractivity contribution < 1.29 is 9.53 Å². The molecule has 0 aromatic heterocycles. The molecule has 4 aromatic rings. The van der Waals surface area contributed by atoms with E-state index >= 15 is 0 Å². The van der Waals surface area contributed by atoms with Crippen molar-refractivity contribution in [3.8, 4) is 5.75 Å². The summed E-state index contributed by atoms with van der Waals surface area (Å²) in [5, 5.41) is 5.55. The number of hydrogen-bond acceptors (Lipinski definition) is 3. The van der Waals surface area contributed by atoms with Crippen molar-refractivity contribution in [2.75, 3.05) is 10.2 Å². The lowest BCUT2D eigenvalue weighted by molar-refractivity contribution is -0.117. The van der Waals surface area contributed by atoms with Crippen molar-refractivity contribution in [1.29, 1.82) is 0 Å². The molecule has 34 heavy (non-hydrogen) atoms. The predicted octanol–water partition coefficient (Wildman–Crippen LogP) is 6.22. The Balaban J connectivity index is 1.46. The SMILES string of the molecule is CC1(C)c2ccccc2N2[C@@H](C(=O)Nc3ccccc3)[C@@H]3C[C@]21Oc1ccc2ccccc2c13. The van der Waals surface area contributed by atoms with E-state index in [1.807, 2.05) is 30.3 Å². The Hall–Kier alpha value is -3.79. The normalized spacial score (nSPS) is 25.3. The summed E-state index contributed by atoms with van der Waals surface area (Å²) in [4.78, 5) is 16.3. The first-order chi connectivity index (χ1) is 16.5. The van der Waals surface area contributed by atoms with Gasteiger partial charge in [-0.2, -0.15) is 0 Å². The smallest absolute Gasteiger partial charge is 0.247 e. The van der Waals surface area contributed by atoms with Crippen LogP contribution in [0.1, 0.15) is 37.3 Å². The van der Waals surface area contributed by atoms with Crippen molar-refractivity contribution in [2.24, 2.45) is 0 Å². The standard InChI is InChI=1S/C30H26N2O2/c1-29(2)23-14-8-9-15-24(23)32-27(28(33)31-20-11-4-3-5-12-20)22-18-30(29,32)34-25-17-16-19-10-6-7-13-21(19)26(22)25/h3-17,22,27H,18H2,1-2H3,(H,31,33)/t22-,27-,30-/m1/s1. The molecule has 4 heteroatoms. The second-order valence-corrected chi connectivity index (χ2v) is 10.2. The van der Waals surface area contributed by atoms with E-state index in [0.29, 0.717) is 0 Å². The number of para-hydroxylation sites is 2. The van der Waals surface area contributed by atoms with E-state index in [0.717, 1.165) is 29.1 Å². The molecule has 0 aliphatic carbocycles. The van der Waals surface area contributed by atoms with Crippen LogP contribution in [0.2, 0.25) is 0 Å². The topological polar surface area (TPSA) is 41.6 Å². The van der Waals surface area contributed by atoms with Gasteiger partial charge in [0.25, 0.3) is 0 Å². The maximum atomic E-state index is 14.1. The lowest BCUT2D eigenvalue weighted by Gasteiger charge is -2.45. The fourth-order valence-electron chi connectivity index (χ4n) is 6.68. The number of anilines is 2. The first-order valence-electron chi connectivity index (χ1n) is 12.0. The molecule has 1 N–H and O–H groups in total. The third-order valence-electron chi connectivity index (χ3n) is 8.25. The molecule has 0 unspecified atom stereocenters. The van der Waals surface area contributed by atoms with Gasteiger partial charge in [0.15, 0.2) is 5.72 Å². The summed E-state index contributed by atoms with van der Waals surface area (Å²) in [7, 11) is 0. The number of carbonyl (C=O) groups is 1. The molecule has 1 saturated heterocycles. The van der Waals surface area contributed by atoms with E-state index in [-0.39, 0.29) is 23.3 Å². The maximum Gasteiger partial charge on any atom is 0.247 e. The number of ether oxygens (including phenoxy) is 1. The first kappa shape index (κ1) is 19.7. The average molecular weight is 447 g/mol. The average Bonchev–Trinajstić information content (AvgIpc) is 3.23. The zero-order valence-corrected chi connectivity index (χ0v) is 19.3. The molecule has 4 aromatic carbocycles. The Morgan fingerprint density at radius 3 is 2.50 bits per heavy atom. The summed E-state index contributed by atoms with van der Waals surface area (Å²) in [6.07, 6.45) is 0.766. The molecule has 4 nitrogen and oxygen atoms in total. The molecule has 3 atom stereocenters. The number of amides is 1. The zero-order chi connectivity index (χ0) is 23.1. The number of nitrogens with one attached hydrogen (secondary N) is 1. The third kappa shape index (κ3) is 2.35. The maximum absolute atomic E-state index is 14.1. The van der Waals surface area contributed by atoms with Crippen LogP contribution in [-0.2, 0) is 10.2 Å². The summed E-state index contributed by atoms with van der Waals surface area (Å²) >= 11 is 0. The van der Waals surface area contributed by atoms with Crippen molar-refractivity contribution in [3.63, 3.8) is 0 Å². The molecule has 2 bridgehead atoms. The van der Waals surface area contributed by atoms with Gasteiger partial charge in [0.05, 0.1) is 5.41 Å². The Labute approximate surface area is 199 Å². The van der Waals surface area contributed by atoms with Crippen LogP contribution in [0.25, 0.3) is 10.8 Å². The molecule has 168 valence electrons. The highest BCUT2D eigenvalue weighted by molar-refractivity contribution is 6.01. The number of hydrogen-bond donors (Lipinski definition) is 1. The van der Waals surface area contributed by atoms with E-state index in [1.165, 1.54) is 16.3 Å². The van der Waals surface area contributed by atoms with Gasteiger partial charge in [-0.15, -0.1) is 0 Å². The van der Waals surface area contributed by atoms with Crippen molar-refractivity contribution in [3.05, 3.63) is 102 Å². The fraction of sp³-hybridized carbons (Fsp3) is 0.233. The molecule has 3 aliphatic rings. The van der Waals surface area contributed by atoms with Crippen LogP contribution in [-0.4, -0.2) is 17.7 Å². The Morgan fingerprint density at radius 2 is 1.65 bits per heavy atom. The van der Waals surface area contributed by atoms with Gasteiger partial charge in [-0.05, 0) is 54.4 Å². The van der Waals surface area contributed by atoms with Crippen LogP contribution in [0.15, 0.2) is 91.0 Å². The van der Waals surface area contributed by atoms with Crippen molar-refractivity contribution in [1.82, 2.24) is 0 Å². The molecule has 1 fully saturated rings. The summed E-state index contributed by atoms with van der Waals surface area (Å²) < 4.78 is 7.02. The molecule has 3 aliphatic heterocycles. The van der Waals surface area contributed by atoms with Crippen LogP contribution >= 0.6 is 0 Å². The Kier molecular flexibility index (Phi) is 3.83. The fourth-order valence-corrected chi connectivity index (χ4v) is 6.68. The van der Waals surface area contributed by atoms with Gasteiger partial charge in [-0.1, -0.05) is 66.7 Å². The van der Waals surface area contributed by atoms with Gasteiger partial charge >= 0.3 is 0 Å². The number of benzene rings is 4. The molecule has 1 amide bonds. The van der Waals surface area contributed by atoms with Gasteiger partial charge < -0.3 is 15.0 Å². The molecule has 7 rings (SSSR count). The van der Waals surface area contributed by atoms with Gasteiger partial charge in [0.1, 0.15) is 11.8 Å². The second kappa shape index (κ2) is 6.63. The first-order valence-corrected chi connectivity index (χ1v) is 12.0. The van der Waals surface area contributed by atoms with Crippen molar-refractivity contribution >= 4 is 28.1 Å². The van der Waals surface area contributed by atoms with E-state index in [2.05, 4.69) is 84.7 Å². The Bertz CT molecular complexity index is 1460. The number of carbonyl (C=O) groups excluding carboxylic acids is 1. The number of rotatable bonds is 2. The summed E-state index contributed by atoms with van der Waals surface area (Å²) in [6, 6.07) is 30.5. The van der Waals surface area contributed by atoms with Gasteiger partial charge in [-0.25, -0.2) is 0 Å². The van der Waals surface area contributed by atoms with Gasteiger partial charge in [0.2, 0.25) is 5.91 Å². The minimum absolute atomic E-state index is 0.00922. The zero-order valence-electron chi connectivity index (χ0n) is 19.3. The van der Waals surface area contributed by atoms with E-state index in [1.54, 1.807) is 0 Å². The summed E-state index contributed by atoms with van der Waals surface area (Å²) in [6.45, 7) is 4.51. The largest absolute Gasteiger partial charge is 0.467 e. The molecule has 0 radical (unpaired) electrons. The number of fused-ring (bicyclic) bond motifs is 7. The van der Waals surface area contributed by atoms with E-state index in [9.17, 15) is 4.79 Å². The molecular formula is C30H26N2O2. The highest BCUT2D eigenvalue weighted by atomic mass is 16.5. The van der Waals surface area contributed by atoms with Crippen LogP contribution in [0, 0.1) is 0 Å². The number of nitrogens with zero attached hydrogens (tertiary/aromatic N) is 1. The lowest BCUT2D eigenvalue weighted by Crippen LogP contribution is -2.59. The lowest BCUT2D eigenvalue weighted by atomic mass is 9.72. The highest BCUT2D eigenvalue weighted by Crippen LogP contribution is 2.65. The van der Waals surface area contributed by atoms with Crippen LogP contribution in [0.3, 0.4) is 0 Å². The van der Waals surface area contributed by atoms with Crippen molar-refractivity contribution in [2.45, 2.75) is 43.4 Å². The quantitative estimate of drug-likeness (QED) is 0.397. The van der Waals surface area contributed by atoms with Crippen LogP contribution in [0.5, 0.6) is 5.75 Å². The monoisotopic (exact) mass is 446 g/mol. The Morgan fingerprint density at radius 1 is 0.912 bits per heavy atom. The molecular weight excluding hydrogens is 420 g/mol. The predicted molar refractivity (Wildman–Crippen MR) is 135 cm³/mol. The second-order valence-electron chi connectivity index (χ2n) is 10.2. The van der Waals surface area contributed by atoms with Gasteiger partial charge in [0, 0.05) is 29.3 Å². The van der Waals surface area contributed by atoms with E-state index in [4.69, 9.17) is 4.74 Å². The third-order valence-corrected chi connectivity index (χ3v) is 8.25.